The molecule has 9 heterocycles. The topological polar surface area (TPSA) is 788 Å². The van der Waals surface area contributed by atoms with Crippen LogP contribution in [-0.4, -0.2) is 488 Å². The van der Waals surface area contributed by atoms with Gasteiger partial charge in [-0.15, -0.1) is 0 Å². The molecule has 45 atom stereocenters. The summed E-state index contributed by atoms with van der Waals surface area (Å²) in [5, 5.41) is 281. The maximum atomic E-state index is 13.2. The molecule has 115 heavy (non-hydrogen) atoms. The second kappa shape index (κ2) is 41.5. The number of ether oxygens (including phenoxy) is 17. The van der Waals surface area contributed by atoms with E-state index in [0.29, 0.717) is 0 Å². The average Bonchev–Trinajstić information content (AvgIpc) is 0.761. The Morgan fingerprint density at radius 2 is 0.478 bits per heavy atom. The van der Waals surface area contributed by atoms with Gasteiger partial charge < -0.3 is 230 Å². The van der Waals surface area contributed by atoms with E-state index in [-0.39, 0.29) is 0 Å². The summed E-state index contributed by atoms with van der Waals surface area (Å²) < 4.78 is 103. The zero-order valence-corrected chi connectivity index (χ0v) is 62.1. The molecule has 0 bridgehead atoms. The molecular weight excluding hydrogens is 1570 g/mol. The predicted molar refractivity (Wildman–Crippen MR) is 355 cm³/mol. The van der Waals surface area contributed by atoms with Gasteiger partial charge in [0, 0.05) is 34.6 Å². The fourth-order valence-corrected chi connectivity index (χ4v) is 14.9. The third-order valence-electron chi connectivity index (χ3n) is 20.8. The fraction of sp³-hybridized carbons (Fsp3) is 0.922. The predicted octanol–water partition coefficient (Wildman–Crippen LogP) is -19.9. The molecule has 664 valence electrons. The van der Waals surface area contributed by atoms with Crippen molar-refractivity contribution < 1.29 is 227 Å². The molecule has 0 saturated carbocycles. The van der Waals surface area contributed by atoms with Crippen LogP contribution >= 0.6 is 0 Å². The van der Waals surface area contributed by atoms with Gasteiger partial charge in [0.05, 0.1) is 59.5 Å². The Balaban J connectivity index is 1.16. The minimum absolute atomic E-state index is 0.805. The molecule has 51 nitrogen and oxygen atoms in total. The number of rotatable bonds is 30. The van der Waals surface area contributed by atoms with Crippen LogP contribution in [0.1, 0.15) is 34.6 Å². The number of aliphatic hydroxyl groups excluding tert-OH is 24. The quantitative estimate of drug-likeness (QED) is 0.0318. The number of amides is 5. The van der Waals surface area contributed by atoms with E-state index < -0.39 is 365 Å². The monoisotopic (exact) mass is 1680 g/mol. The number of carbonyl (C=O) groups excluding carboxylic acids is 5. The molecule has 9 aliphatic heterocycles. The Morgan fingerprint density at radius 1 is 0.226 bits per heavy atom. The van der Waals surface area contributed by atoms with Crippen LogP contribution in [0.4, 0.5) is 0 Å². The van der Waals surface area contributed by atoms with Crippen LogP contribution in [0.3, 0.4) is 0 Å². The van der Waals surface area contributed by atoms with Crippen molar-refractivity contribution in [3.05, 3.63) is 0 Å². The molecule has 5 amide bonds. The van der Waals surface area contributed by atoms with E-state index in [2.05, 4.69) is 26.6 Å². The molecular formula is C64H107N5O46. The van der Waals surface area contributed by atoms with Gasteiger partial charge in [-0.25, -0.2) is 0 Å². The van der Waals surface area contributed by atoms with Crippen molar-refractivity contribution in [3.63, 3.8) is 0 Å². The van der Waals surface area contributed by atoms with Crippen molar-refractivity contribution in [1.82, 2.24) is 26.6 Å². The first-order chi connectivity index (χ1) is 54.4. The molecule has 9 saturated heterocycles. The van der Waals surface area contributed by atoms with E-state index in [1.54, 1.807) is 0 Å². The first-order valence-corrected chi connectivity index (χ1v) is 36.6. The molecule has 51 heteroatoms. The number of hydrogen-bond donors (Lipinski definition) is 29. The number of carbonyl (C=O) groups is 5. The number of hydrogen-bond acceptors (Lipinski definition) is 46. The standard InChI is InChI=1S/C64H107N5O46/c1-15(78)65-29-41(90)49(25(11-75)100-56(29)98)109-59-32(68-18(4)81)42(91)51(27(13-77)106-59)111-62-48(97)53(113-64-55(46(95)38(87)24(10-74)105-64)115-58-31(67-17(3)80)40(89)35(84)21(7-71)102-58)52(112-57-30(66-16(2)79)39(88)34(83)20(6-70)101-57)28(108-62)14-99-63-54(45(94)37(86)23(9-73)104-63)114-60-33(69-19(5)82)43(92)50(26(12-76)107-60)110-61-47(96)44(93)36(85)22(8-72)103-61/h20-64,70-77,83-98H,6-14H2,1-5H3,(H,65,78)(H,66,79)(H,67,80)(H,68,81)(H,69,82)/t20-,21-,22-,23-,24-,25-,26-,27-,28-,29-,30-,31-,32-,33-,34-,35-,36+,37-,38-,39-,40-,41-,42-,43-,44+,45+,46+,47-,48+,49-,50-,51-,52-,53-,54+,55+,56-,57+,58+,59+,60+,61+,62+,63+,64-/m1/s1. The van der Waals surface area contributed by atoms with Gasteiger partial charge in [0.2, 0.25) is 29.5 Å². The molecule has 29 N–H and O–H groups in total. The van der Waals surface area contributed by atoms with Crippen LogP contribution in [0.2, 0.25) is 0 Å². The summed E-state index contributed by atoms with van der Waals surface area (Å²) in [6.45, 7) is -5.56. The lowest BCUT2D eigenvalue weighted by atomic mass is 9.93. The number of aliphatic hydroxyl groups is 24. The molecule has 9 fully saturated rings. The second-order valence-corrected chi connectivity index (χ2v) is 28.9. The van der Waals surface area contributed by atoms with Crippen LogP contribution in [0, 0.1) is 0 Å². The summed E-state index contributed by atoms with van der Waals surface area (Å²) in [4.78, 5) is 64.1. The molecule has 0 aromatic heterocycles. The highest BCUT2D eigenvalue weighted by Crippen LogP contribution is 2.41. The molecule has 0 radical (unpaired) electrons. The third kappa shape index (κ3) is 21.3. The molecule has 0 aromatic carbocycles. The van der Waals surface area contributed by atoms with Crippen molar-refractivity contribution in [1.29, 1.82) is 0 Å². The number of nitrogens with one attached hydrogen (secondary N) is 5. The van der Waals surface area contributed by atoms with Gasteiger partial charge in [-0.05, 0) is 0 Å². The normalized spacial score (nSPS) is 47.9. The zero-order chi connectivity index (χ0) is 84.8. The fourth-order valence-electron chi connectivity index (χ4n) is 14.9. The van der Waals surface area contributed by atoms with Crippen molar-refractivity contribution in [2.24, 2.45) is 0 Å². The van der Waals surface area contributed by atoms with Crippen LogP contribution in [0.5, 0.6) is 0 Å². The SMILES string of the molecule is CC(=O)N[C@@H]1[C@@H](O)[C@H](O[C@@H]2O[C@H](CO)[C@@H](O[C@@H]3O[C@H](CO[C@H]4O[C@H](CO)[C@@H](O)[C@H](O)[C@@H]4O[C@@H]4O[C@H](CO)[C@@H](O[C@@H]5O[C@H](CO)[C@H](O)[C@H](O)[C@H]5O)[C@H](O)[C@H]4NC(C)=O)[C@@H](O[C@@H]4O[C@H](CO)[C@@H](O)[C@H](O)[C@H]4NC(C)=O)[C@H](O[C@H]4O[C@H](CO)[C@@H](O)[C@H](O)[C@@H]4O[C@@H]4O[C@H](CO)[C@@H](O)[C@H](O)[C@H]4NC(C)=O)[C@@H]3O)[C@H](O)[C@H]2NC(C)=O)[C@@H](CO)O[C@H]1O. The Bertz CT molecular complexity index is 3100. The minimum Gasteiger partial charge on any atom is -0.394 e. The Kier molecular flexibility index (Phi) is 34.1. The van der Waals surface area contributed by atoms with E-state index in [9.17, 15) is 147 Å². The second-order valence-electron chi connectivity index (χ2n) is 28.9. The van der Waals surface area contributed by atoms with Gasteiger partial charge in [0.25, 0.3) is 0 Å². The summed E-state index contributed by atoms with van der Waals surface area (Å²) >= 11 is 0. The Labute approximate surface area is 651 Å². The maximum absolute atomic E-state index is 13.2. The van der Waals surface area contributed by atoms with Gasteiger partial charge in [0.15, 0.2) is 56.6 Å². The first kappa shape index (κ1) is 94.6. The molecule has 0 aromatic rings. The van der Waals surface area contributed by atoms with Crippen LogP contribution < -0.4 is 26.6 Å². The van der Waals surface area contributed by atoms with Gasteiger partial charge in [0.1, 0.15) is 219 Å². The van der Waals surface area contributed by atoms with Gasteiger partial charge in [-0.3, -0.25) is 24.0 Å². The lowest BCUT2D eigenvalue weighted by Crippen LogP contribution is -2.71. The van der Waals surface area contributed by atoms with Gasteiger partial charge in [-0.1, -0.05) is 0 Å². The van der Waals surface area contributed by atoms with Crippen LogP contribution in [0.25, 0.3) is 0 Å². The molecule has 0 unspecified atom stereocenters. The summed E-state index contributed by atoms with van der Waals surface area (Å²) in [7, 11) is 0. The van der Waals surface area contributed by atoms with E-state index >= 15 is 0 Å². The lowest BCUT2D eigenvalue weighted by molar-refractivity contribution is -0.407. The van der Waals surface area contributed by atoms with E-state index in [0.717, 1.165) is 34.6 Å². The Morgan fingerprint density at radius 3 is 0.861 bits per heavy atom. The summed E-state index contributed by atoms with van der Waals surface area (Å²) in [6, 6.07) is -9.48. The van der Waals surface area contributed by atoms with E-state index in [1.807, 2.05) is 0 Å². The molecule has 0 spiro atoms. The Hall–Kier alpha value is -4.29. The average molecular weight is 1680 g/mol. The zero-order valence-electron chi connectivity index (χ0n) is 62.1. The summed E-state index contributed by atoms with van der Waals surface area (Å²) in [6.07, 6.45) is -85.6. The van der Waals surface area contributed by atoms with Crippen molar-refractivity contribution in [2.45, 2.75) is 311 Å². The van der Waals surface area contributed by atoms with E-state index in [1.165, 1.54) is 0 Å². The van der Waals surface area contributed by atoms with Gasteiger partial charge >= 0.3 is 0 Å². The van der Waals surface area contributed by atoms with Crippen LogP contribution in [0.15, 0.2) is 0 Å². The van der Waals surface area contributed by atoms with Crippen molar-refractivity contribution >= 4 is 29.5 Å². The largest absolute Gasteiger partial charge is 0.394 e. The van der Waals surface area contributed by atoms with Crippen LogP contribution in [-0.2, 0) is 104 Å². The lowest BCUT2D eigenvalue weighted by Gasteiger charge is -2.52. The van der Waals surface area contributed by atoms with Gasteiger partial charge in [-0.2, -0.15) is 0 Å². The third-order valence-corrected chi connectivity index (χ3v) is 20.8. The highest BCUT2D eigenvalue weighted by atomic mass is 16.8. The highest BCUT2D eigenvalue weighted by molar-refractivity contribution is 5.75. The molecule has 9 aliphatic rings. The van der Waals surface area contributed by atoms with Crippen molar-refractivity contribution in [3.8, 4) is 0 Å². The summed E-state index contributed by atoms with van der Waals surface area (Å²) in [5.41, 5.74) is 0. The summed E-state index contributed by atoms with van der Waals surface area (Å²) in [5.74, 6) is -4.63. The molecule has 0 aliphatic carbocycles. The van der Waals surface area contributed by atoms with E-state index in [4.69, 9.17) is 80.5 Å². The highest BCUT2D eigenvalue weighted by Gasteiger charge is 2.62. The smallest absolute Gasteiger partial charge is 0.217 e. The maximum Gasteiger partial charge on any atom is 0.217 e. The first-order valence-electron chi connectivity index (χ1n) is 36.6. The van der Waals surface area contributed by atoms with Crippen molar-refractivity contribution in [2.75, 3.05) is 59.5 Å². The minimum atomic E-state index is -2.70. The molecule has 9 rings (SSSR count).